The number of carbonyl (C=O) groups is 2. The van der Waals surface area contributed by atoms with Gasteiger partial charge in [-0.3, -0.25) is 9.59 Å². The van der Waals surface area contributed by atoms with Crippen LogP contribution in [0.3, 0.4) is 0 Å². The van der Waals surface area contributed by atoms with Gasteiger partial charge in [-0.2, -0.15) is 0 Å². The third-order valence-electron chi connectivity index (χ3n) is 2.45. The fourth-order valence-electron chi connectivity index (χ4n) is 1.62. The molecule has 0 spiro atoms. The summed E-state index contributed by atoms with van der Waals surface area (Å²) in [7, 11) is 0. The van der Waals surface area contributed by atoms with Gasteiger partial charge in [-0.1, -0.05) is 0 Å². The first-order valence-electron chi connectivity index (χ1n) is 5.29. The standard InChI is InChI=1S/C10H18N2O3/c1-3-15-5-4-12-8(2)6-9(13)11-7-10(12)14/h8H,3-7H2,1-2H3,(H,11,13). The minimum absolute atomic E-state index is 0.0342. The van der Waals surface area contributed by atoms with Crippen molar-refractivity contribution in [2.75, 3.05) is 26.3 Å². The molecular weight excluding hydrogens is 196 g/mol. The van der Waals surface area contributed by atoms with Crippen molar-refractivity contribution in [1.82, 2.24) is 10.2 Å². The lowest BCUT2D eigenvalue weighted by Gasteiger charge is -2.26. The maximum atomic E-state index is 11.6. The Hall–Kier alpha value is -1.10. The number of rotatable bonds is 4. The number of nitrogens with one attached hydrogen (secondary N) is 1. The van der Waals surface area contributed by atoms with E-state index in [0.29, 0.717) is 26.2 Å². The average Bonchev–Trinajstić information content (AvgIpc) is 2.30. The molecule has 1 saturated heterocycles. The second kappa shape index (κ2) is 5.70. The van der Waals surface area contributed by atoms with Crippen molar-refractivity contribution in [3.05, 3.63) is 0 Å². The van der Waals surface area contributed by atoms with Crippen molar-refractivity contribution in [2.24, 2.45) is 0 Å². The van der Waals surface area contributed by atoms with Crippen LogP contribution in [-0.2, 0) is 14.3 Å². The fraction of sp³-hybridized carbons (Fsp3) is 0.800. The summed E-state index contributed by atoms with van der Waals surface area (Å²) in [6.45, 7) is 5.64. The number of hydrogen-bond donors (Lipinski definition) is 1. The zero-order chi connectivity index (χ0) is 11.3. The molecule has 0 aromatic carbocycles. The molecule has 1 rings (SSSR count). The van der Waals surface area contributed by atoms with E-state index in [2.05, 4.69) is 5.32 Å². The molecular formula is C10H18N2O3. The fourth-order valence-corrected chi connectivity index (χ4v) is 1.62. The Morgan fingerprint density at radius 3 is 2.93 bits per heavy atom. The molecule has 1 aliphatic rings. The van der Waals surface area contributed by atoms with Crippen molar-refractivity contribution >= 4 is 11.8 Å². The normalized spacial score (nSPS) is 22.5. The van der Waals surface area contributed by atoms with E-state index in [1.807, 2.05) is 13.8 Å². The maximum Gasteiger partial charge on any atom is 0.242 e. The molecule has 1 fully saturated rings. The lowest BCUT2D eigenvalue weighted by Crippen LogP contribution is -2.41. The largest absolute Gasteiger partial charge is 0.380 e. The van der Waals surface area contributed by atoms with Crippen LogP contribution < -0.4 is 5.32 Å². The summed E-state index contributed by atoms with van der Waals surface area (Å²) >= 11 is 0. The van der Waals surface area contributed by atoms with E-state index in [9.17, 15) is 9.59 Å². The highest BCUT2D eigenvalue weighted by Gasteiger charge is 2.25. The summed E-state index contributed by atoms with van der Waals surface area (Å²) in [5.41, 5.74) is 0. The highest BCUT2D eigenvalue weighted by molar-refractivity contribution is 5.87. The Balaban J connectivity index is 2.50. The van der Waals surface area contributed by atoms with Crippen LogP contribution in [0.2, 0.25) is 0 Å². The first kappa shape index (κ1) is 12.0. The van der Waals surface area contributed by atoms with Gasteiger partial charge in [-0.15, -0.1) is 0 Å². The second-order valence-corrected chi connectivity index (χ2v) is 3.61. The van der Waals surface area contributed by atoms with Crippen molar-refractivity contribution in [3.63, 3.8) is 0 Å². The number of carbonyl (C=O) groups excluding carboxylic acids is 2. The molecule has 1 N–H and O–H groups in total. The van der Waals surface area contributed by atoms with Gasteiger partial charge in [0.05, 0.1) is 13.2 Å². The van der Waals surface area contributed by atoms with Crippen LogP contribution in [0.15, 0.2) is 0 Å². The zero-order valence-corrected chi connectivity index (χ0v) is 9.28. The number of amides is 2. The van der Waals surface area contributed by atoms with Gasteiger partial charge in [0.15, 0.2) is 0 Å². The van der Waals surface area contributed by atoms with E-state index in [1.54, 1.807) is 4.90 Å². The van der Waals surface area contributed by atoms with E-state index in [1.165, 1.54) is 0 Å². The molecule has 15 heavy (non-hydrogen) atoms. The monoisotopic (exact) mass is 214 g/mol. The molecule has 1 heterocycles. The second-order valence-electron chi connectivity index (χ2n) is 3.61. The Morgan fingerprint density at radius 1 is 1.53 bits per heavy atom. The summed E-state index contributed by atoms with van der Waals surface area (Å²) in [5.74, 6) is -0.0946. The van der Waals surface area contributed by atoms with Gasteiger partial charge in [0.25, 0.3) is 0 Å². The Kier molecular flexibility index (Phi) is 4.55. The third-order valence-corrected chi connectivity index (χ3v) is 2.45. The molecule has 5 nitrogen and oxygen atoms in total. The average molecular weight is 214 g/mol. The Bertz CT molecular complexity index is 243. The van der Waals surface area contributed by atoms with Gasteiger partial charge in [0.1, 0.15) is 0 Å². The van der Waals surface area contributed by atoms with Crippen LogP contribution in [0.1, 0.15) is 20.3 Å². The molecule has 0 radical (unpaired) electrons. The lowest BCUT2D eigenvalue weighted by atomic mass is 10.2. The lowest BCUT2D eigenvalue weighted by molar-refractivity contribution is -0.132. The summed E-state index contributed by atoms with van der Waals surface area (Å²) < 4.78 is 5.20. The van der Waals surface area contributed by atoms with Crippen molar-refractivity contribution < 1.29 is 14.3 Å². The van der Waals surface area contributed by atoms with Gasteiger partial charge in [0, 0.05) is 25.6 Å². The molecule has 0 aromatic rings. The van der Waals surface area contributed by atoms with Gasteiger partial charge in [0.2, 0.25) is 11.8 Å². The van der Waals surface area contributed by atoms with Crippen LogP contribution in [0.4, 0.5) is 0 Å². The first-order chi connectivity index (χ1) is 7.15. The topological polar surface area (TPSA) is 58.6 Å². The Morgan fingerprint density at radius 2 is 2.27 bits per heavy atom. The number of nitrogens with zero attached hydrogens (tertiary/aromatic N) is 1. The van der Waals surface area contributed by atoms with Gasteiger partial charge < -0.3 is 15.0 Å². The third kappa shape index (κ3) is 3.51. The van der Waals surface area contributed by atoms with Gasteiger partial charge in [-0.05, 0) is 13.8 Å². The summed E-state index contributed by atoms with van der Waals surface area (Å²) in [5, 5.41) is 2.57. The minimum atomic E-state index is -0.0604. The molecule has 0 aliphatic carbocycles. The number of ether oxygens (including phenoxy) is 1. The van der Waals surface area contributed by atoms with Crippen molar-refractivity contribution in [3.8, 4) is 0 Å². The van der Waals surface area contributed by atoms with E-state index in [0.717, 1.165) is 0 Å². The molecule has 1 aliphatic heterocycles. The summed E-state index contributed by atoms with van der Waals surface area (Å²) in [4.78, 5) is 24.5. The van der Waals surface area contributed by atoms with Gasteiger partial charge >= 0.3 is 0 Å². The quantitative estimate of drug-likeness (QED) is 0.657. The predicted molar refractivity (Wildman–Crippen MR) is 55.3 cm³/mol. The maximum absolute atomic E-state index is 11.6. The first-order valence-corrected chi connectivity index (χ1v) is 5.29. The van der Waals surface area contributed by atoms with Crippen molar-refractivity contribution in [2.45, 2.75) is 26.3 Å². The zero-order valence-electron chi connectivity index (χ0n) is 9.28. The minimum Gasteiger partial charge on any atom is -0.380 e. The molecule has 0 saturated carbocycles. The van der Waals surface area contributed by atoms with Gasteiger partial charge in [-0.25, -0.2) is 0 Å². The molecule has 86 valence electrons. The predicted octanol–water partition coefficient (Wildman–Crippen LogP) is -0.240. The molecule has 1 unspecified atom stereocenters. The Labute approximate surface area is 89.8 Å². The van der Waals surface area contributed by atoms with Crippen LogP contribution in [0.25, 0.3) is 0 Å². The van der Waals surface area contributed by atoms with E-state index in [-0.39, 0.29) is 24.4 Å². The van der Waals surface area contributed by atoms with Crippen LogP contribution >= 0.6 is 0 Å². The molecule has 0 bridgehead atoms. The number of hydrogen-bond acceptors (Lipinski definition) is 3. The van der Waals surface area contributed by atoms with Crippen LogP contribution in [0, 0.1) is 0 Å². The summed E-state index contributed by atoms with van der Waals surface area (Å²) in [6, 6.07) is -0.0412. The summed E-state index contributed by atoms with van der Waals surface area (Å²) in [6.07, 6.45) is 0.373. The molecule has 0 aromatic heterocycles. The van der Waals surface area contributed by atoms with E-state index < -0.39 is 0 Å². The SMILES string of the molecule is CCOCCN1C(=O)CNC(=O)CC1C. The molecule has 5 heteroatoms. The highest BCUT2D eigenvalue weighted by atomic mass is 16.5. The van der Waals surface area contributed by atoms with E-state index >= 15 is 0 Å². The van der Waals surface area contributed by atoms with Crippen LogP contribution in [0.5, 0.6) is 0 Å². The molecule has 1 atom stereocenters. The smallest absolute Gasteiger partial charge is 0.242 e. The van der Waals surface area contributed by atoms with Crippen LogP contribution in [-0.4, -0.2) is 49.1 Å². The molecule has 2 amide bonds. The van der Waals surface area contributed by atoms with Crippen molar-refractivity contribution in [1.29, 1.82) is 0 Å². The highest BCUT2D eigenvalue weighted by Crippen LogP contribution is 2.07. The van der Waals surface area contributed by atoms with E-state index in [4.69, 9.17) is 4.74 Å².